The molecule has 2 aromatic heterocycles. The zero-order chi connectivity index (χ0) is 14.8. The number of aryl methyl sites for hydroxylation is 1. The minimum Gasteiger partial charge on any atom is -0.322 e. The fourth-order valence-corrected chi connectivity index (χ4v) is 2.20. The third kappa shape index (κ3) is 2.85. The Morgan fingerprint density at radius 2 is 1.95 bits per heavy atom. The number of rotatable bonds is 2. The number of anilines is 1. The Balaban J connectivity index is 1.93. The summed E-state index contributed by atoms with van der Waals surface area (Å²) >= 11 is 5.83. The lowest BCUT2D eigenvalue weighted by Gasteiger charge is -2.08. The molecular weight excluding hydrogens is 286 g/mol. The van der Waals surface area contributed by atoms with Crippen molar-refractivity contribution in [2.75, 3.05) is 5.32 Å². The fourth-order valence-electron chi connectivity index (χ4n) is 2.07. The normalized spacial score (nSPS) is 10.6. The maximum Gasteiger partial charge on any atom is 0.257 e. The van der Waals surface area contributed by atoms with Crippen molar-refractivity contribution in [3.05, 3.63) is 65.1 Å². The van der Waals surface area contributed by atoms with Gasteiger partial charge >= 0.3 is 0 Å². The number of fused-ring (bicyclic) bond motifs is 1. The first kappa shape index (κ1) is 13.5. The monoisotopic (exact) mass is 297 g/mol. The molecule has 2 heterocycles. The average Bonchev–Trinajstić information content (AvgIpc) is 2.49. The molecule has 0 radical (unpaired) electrons. The van der Waals surface area contributed by atoms with Gasteiger partial charge in [0.15, 0.2) is 0 Å². The summed E-state index contributed by atoms with van der Waals surface area (Å²) in [7, 11) is 0. The fraction of sp³-hybridized carbons (Fsp3) is 0.0625. The van der Waals surface area contributed by atoms with Gasteiger partial charge in [0.25, 0.3) is 5.91 Å². The zero-order valence-corrected chi connectivity index (χ0v) is 12.1. The molecule has 0 saturated heterocycles. The molecule has 0 aliphatic heterocycles. The van der Waals surface area contributed by atoms with Gasteiger partial charge in [-0.1, -0.05) is 11.6 Å². The van der Waals surface area contributed by atoms with Crippen LogP contribution in [0.15, 0.2) is 48.8 Å². The largest absolute Gasteiger partial charge is 0.322 e. The molecule has 1 amide bonds. The van der Waals surface area contributed by atoms with Gasteiger partial charge in [-0.25, -0.2) is 0 Å². The quantitative estimate of drug-likeness (QED) is 0.782. The van der Waals surface area contributed by atoms with E-state index in [0.717, 1.165) is 10.9 Å². The molecule has 0 bridgehead atoms. The minimum absolute atomic E-state index is 0.201. The predicted molar refractivity (Wildman–Crippen MR) is 83.7 cm³/mol. The van der Waals surface area contributed by atoms with Gasteiger partial charge in [0, 0.05) is 28.5 Å². The highest BCUT2D eigenvalue weighted by atomic mass is 35.5. The van der Waals surface area contributed by atoms with Crippen LogP contribution in [-0.4, -0.2) is 15.9 Å². The highest BCUT2D eigenvalue weighted by Crippen LogP contribution is 2.18. The number of pyridine rings is 2. The molecule has 0 saturated carbocycles. The van der Waals surface area contributed by atoms with Gasteiger partial charge in [0.2, 0.25) is 0 Å². The summed E-state index contributed by atoms with van der Waals surface area (Å²) in [6.07, 6.45) is 3.38. The van der Waals surface area contributed by atoms with Gasteiger partial charge < -0.3 is 5.32 Å². The average molecular weight is 298 g/mol. The molecule has 4 nitrogen and oxygen atoms in total. The predicted octanol–water partition coefficient (Wildman–Crippen LogP) is 3.84. The lowest BCUT2D eigenvalue weighted by Crippen LogP contribution is -2.14. The minimum atomic E-state index is -0.201. The van der Waals surface area contributed by atoms with Crippen LogP contribution >= 0.6 is 11.6 Å². The Kier molecular flexibility index (Phi) is 3.54. The summed E-state index contributed by atoms with van der Waals surface area (Å²) in [6, 6.07) is 10.6. The van der Waals surface area contributed by atoms with Crippen LogP contribution in [0.1, 0.15) is 16.1 Å². The second-order valence-corrected chi connectivity index (χ2v) is 5.09. The van der Waals surface area contributed by atoms with Crippen molar-refractivity contribution in [2.45, 2.75) is 6.92 Å². The molecule has 0 unspecified atom stereocenters. The van der Waals surface area contributed by atoms with Crippen LogP contribution in [0.25, 0.3) is 10.9 Å². The number of nitrogens with zero attached hydrogens (tertiary/aromatic N) is 2. The number of aromatic nitrogens is 2. The number of hydrogen-bond acceptors (Lipinski definition) is 3. The van der Waals surface area contributed by atoms with E-state index in [-0.39, 0.29) is 5.91 Å². The molecule has 0 spiro atoms. The first-order valence-electron chi connectivity index (χ1n) is 6.42. The van der Waals surface area contributed by atoms with E-state index in [0.29, 0.717) is 22.0 Å². The van der Waals surface area contributed by atoms with E-state index in [4.69, 9.17) is 11.6 Å². The van der Waals surface area contributed by atoms with Crippen LogP contribution in [-0.2, 0) is 0 Å². The van der Waals surface area contributed by atoms with Crippen LogP contribution in [0.3, 0.4) is 0 Å². The van der Waals surface area contributed by atoms with E-state index in [1.807, 2.05) is 13.0 Å². The third-order valence-electron chi connectivity index (χ3n) is 3.15. The van der Waals surface area contributed by atoms with Gasteiger partial charge in [-0.05, 0) is 43.3 Å². The summed E-state index contributed by atoms with van der Waals surface area (Å²) in [6.45, 7) is 1.82. The molecule has 0 atom stereocenters. The Morgan fingerprint density at radius 1 is 1.19 bits per heavy atom. The molecule has 0 aliphatic rings. The number of carbonyl (C=O) groups excluding carboxylic acids is 1. The van der Waals surface area contributed by atoms with Crippen molar-refractivity contribution < 1.29 is 4.79 Å². The van der Waals surface area contributed by atoms with Crippen molar-refractivity contribution in [1.29, 1.82) is 0 Å². The van der Waals surface area contributed by atoms with Gasteiger partial charge in [0.05, 0.1) is 16.8 Å². The molecule has 1 aromatic carbocycles. The Morgan fingerprint density at radius 3 is 2.71 bits per heavy atom. The van der Waals surface area contributed by atoms with Crippen molar-refractivity contribution in [2.24, 2.45) is 0 Å². The summed E-state index contributed by atoms with van der Waals surface area (Å²) in [5.41, 5.74) is 2.73. The van der Waals surface area contributed by atoms with Crippen LogP contribution < -0.4 is 5.32 Å². The molecule has 5 heteroatoms. The lowest BCUT2D eigenvalue weighted by molar-refractivity contribution is 0.102. The highest BCUT2D eigenvalue weighted by molar-refractivity contribution is 6.30. The molecule has 21 heavy (non-hydrogen) atoms. The van der Waals surface area contributed by atoms with Crippen molar-refractivity contribution >= 4 is 34.1 Å². The van der Waals surface area contributed by atoms with Crippen LogP contribution in [0.2, 0.25) is 5.02 Å². The summed E-state index contributed by atoms with van der Waals surface area (Å²) in [5, 5.41) is 4.30. The van der Waals surface area contributed by atoms with E-state index in [9.17, 15) is 4.79 Å². The van der Waals surface area contributed by atoms with Crippen molar-refractivity contribution in [3.63, 3.8) is 0 Å². The van der Waals surface area contributed by atoms with Gasteiger partial charge in [-0.15, -0.1) is 0 Å². The summed E-state index contributed by atoms with van der Waals surface area (Å²) in [4.78, 5) is 20.8. The first-order chi connectivity index (χ1) is 10.1. The molecule has 3 aromatic rings. The van der Waals surface area contributed by atoms with E-state index >= 15 is 0 Å². The maximum absolute atomic E-state index is 12.4. The SMILES string of the molecule is Cc1nc2ccncc2cc1C(=O)Nc1ccc(Cl)cc1. The van der Waals surface area contributed by atoms with Crippen LogP contribution in [0.5, 0.6) is 0 Å². The van der Waals surface area contributed by atoms with Gasteiger partial charge in [-0.2, -0.15) is 0 Å². The molecule has 104 valence electrons. The zero-order valence-electron chi connectivity index (χ0n) is 11.3. The Hall–Kier alpha value is -2.46. The molecular formula is C16H12ClN3O. The lowest BCUT2D eigenvalue weighted by atomic mass is 10.1. The maximum atomic E-state index is 12.4. The van der Waals surface area contributed by atoms with Crippen LogP contribution in [0.4, 0.5) is 5.69 Å². The van der Waals surface area contributed by atoms with E-state index in [1.165, 1.54) is 0 Å². The molecule has 0 aliphatic carbocycles. The second kappa shape index (κ2) is 5.50. The van der Waals surface area contributed by atoms with Crippen LogP contribution in [0, 0.1) is 6.92 Å². The van der Waals surface area contributed by atoms with Crippen molar-refractivity contribution in [1.82, 2.24) is 9.97 Å². The first-order valence-corrected chi connectivity index (χ1v) is 6.79. The Bertz CT molecular complexity index is 815. The number of nitrogens with one attached hydrogen (secondary N) is 1. The topological polar surface area (TPSA) is 54.9 Å². The van der Waals surface area contributed by atoms with E-state index in [1.54, 1.807) is 42.7 Å². The molecule has 1 N–H and O–H groups in total. The van der Waals surface area contributed by atoms with Gasteiger partial charge in [-0.3, -0.25) is 14.8 Å². The smallest absolute Gasteiger partial charge is 0.257 e. The molecule has 0 fully saturated rings. The highest BCUT2D eigenvalue weighted by Gasteiger charge is 2.12. The summed E-state index contributed by atoms with van der Waals surface area (Å²) in [5.74, 6) is -0.201. The number of benzene rings is 1. The van der Waals surface area contributed by atoms with Gasteiger partial charge in [0.1, 0.15) is 0 Å². The second-order valence-electron chi connectivity index (χ2n) is 4.65. The summed E-state index contributed by atoms with van der Waals surface area (Å²) < 4.78 is 0. The number of hydrogen-bond donors (Lipinski definition) is 1. The number of halogens is 1. The van der Waals surface area contributed by atoms with E-state index < -0.39 is 0 Å². The number of amides is 1. The molecule has 3 rings (SSSR count). The standard InChI is InChI=1S/C16H12ClN3O/c1-10-14(8-11-9-18-7-6-15(11)19-10)16(21)20-13-4-2-12(17)3-5-13/h2-9H,1H3,(H,20,21). The number of carbonyl (C=O) groups is 1. The Labute approximate surface area is 126 Å². The van der Waals surface area contributed by atoms with Crippen molar-refractivity contribution in [3.8, 4) is 0 Å². The third-order valence-corrected chi connectivity index (χ3v) is 3.40. The van der Waals surface area contributed by atoms with E-state index in [2.05, 4.69) is 15.3 Å².